The normalized spacial score (nSPS) is 8.51. The van der Waals surface area contributed by atoms with E-state index in [1.165, 1.54) is 6.42 Å². The van der Waals surface area contributed by atoms with Gasteiger partial charge in [-0.3, -0.25) is 0 Å². The Morgan fingerprint density at radius 1 is 0.209 bits per heavy atom. The molecule has 0 aliphatic carbocycles. The quantitative estimate of drug-likeness (QED) is 0.133. The SMILES string of the molecule is CC.CC.CC.CC.CC.CC.CC(C)(C(F)(F)F)C(F)(F)F.CC(C)(C)C.CCC.c1ccccc1.c1ccccc1.c1ccccc1.c1ccccc1.c1ccccc1.c1ccccc1. The van der Waals surface area contributed by atoms with E-state index >= 15 is 0 Å². The summed E-state index contributed by atoms with van der Waals surface area (Å²) in [5.74, 6) is 0. The Morgan fingerprint density at radius 2 is 0.254 bits per heavy atom. The molecule has 0 spiro atoms. The third-order valence-electron chi connectivity index (χ3n) is 5.42. The van der Waals surface area contributed by atoms with E-state index in [4.69, 9.17) is 0 Å². The standard InChI is InChI=1S/6C6H6.C5H6F6.C5H12.C3H8.6C2H6/c6*1-2-4-6-5-3-1;1-3(2,4(6,7)8)5(9,10)11;1-5(2,3)4;1-3-2;6*1-2/h6*1-6H;1-2H3;1-4H3;3H2,1-2H3;6*1-2H3. The fraction of sp³-hybridized carbons (Fsp3) is 0.410. The molecule has 0 fully saturated rings. The first kappa shape index (κ1) is 82.0. The second-order valence-corrected chi connectivity index (χ2v) is 13.3. The van der Waals surface area contributed by atoms with Crippen LogP contribution in [0, 0.1) is 10.8 Å². The molecular weight excluding hydrogens is 847 g/mol. The van der Waals surface area contributed by atoms with Crippen LogP contribution in [0.2, 0.25) is 0 Å². The molecule has 6 aromatic rings. The molecule has 0 atom stereocenters. The van der Waals surface area contributed by atoms with Crippen LogP contribution in [0.25, 0.3) is 0 Å². The summed E-state index contributed by atoms with van der Waals surface area (Å²) in [6.45, 7) is 37.2. The van der Waals surface area contributed by atoms with Crippen molar-refractivity contribution in [1.29, 1.82) is 0 Å². The second kappa shape index (κ2) is 69.9. The van der Waals surface area contributed by atoms with Crippen molar-refractivity contribution in [3.63, 3.8) is 0 Å². The van der Waals surface area contributed by atoms with Crippen molar-refractivity contribution in [3.05, 3.63) is 218 Å². The van der Waals surface area contributed by atoms with Gasteiger partial charge in [-0.05, 0) is 19.3 Å². The minimum Gasteiger partial charge on any atom is -0.170 e. The zero-order chi connectivity index (χ0) is 54.2. The molecule has 0 aliphatic rings. The highest BCUT2D eigenvalue weighted by Gasteiger charge is 2.64. The zero-order valence-corrected chi connectivity index (χ0v) is 45.8. The topological polar surface area (TPSA) is 0 Å². The van der Waals surface area contributed by atoms with E-state index in [1.807, 2.05) is 301 Å². The molecule has 0 aliphatic heterocycles. The van der Waals surface area contributed by atoms with Crippen LogP contribution in [-0.2, 0) is 0 Å². The molecule has 0 heterocycles. The Hall–Kier alpha value is -5.10. The molecular formula is C61H98F6. The summed E-state index contributed by atoms with van der Waals surface area (Å²) >= 11 is 0. The molecule has 0 nitrogen and oxygen atoms in total. The Morgan fingerprint density at radius 3 is 0.269 bits per heavy atom. The van der Waals surface area contributed by atoms with Crippen molar-refractivity contribution in [1.82, 2.24) is 0 Å². The third kappa shape index (κ3) is 88.4. The monoisotopic (exact) mass is 945 g/mol. The van der Waals surface area contributed by atoms with Crippen LogP contribution in [0.1, 0.15) is 145 Å². The first-order valence-electron chi connectivity index (χ1n) is 24.0. The minimum atomic E-state index is -5.24. The first-order chi connectivity index (χ1) is 31.9. The van der Waals surface area contributed by atoms with Crippen LogP contribution in [0.15, 0.2) is 218 Å². The van der Waals surface area contributed by atoms with Crippen molar-refractivity contribution in [2.75, 3.05) is 0 Å². The molecule has 0 amide bonds. The molecule has 0 saturated carbocycles. The molecule has 6 aromatic carbocycles. The lowest BCUT2D eigenvalue weighted by Crippen LogP contribution is -2.44. The lowest BCUT2D eigenvalue weighted by Gasteiger charge is -2.29. The van der Waals surface area contributed by atoms with Gasteiger partial charge in [-0.1, -0.05) is 349 Å². The highest BCUT2D eigenvalue weighted by molar-refractivity contribution is 5.02. The highest BCUT2D eigenvalue weighted by Crippen LogP contribution is 2.49. The summed E-state index contributed by atoms with van der Waals surface area (Å²) in [5.41, 5.74) is -3.12. The Labute approximate surface area is 411 Å². The van der Waals surface area contributed by atoms with Gasteiger partial charge in [0, 0.05) is 0 Å². The molecule has 384 valence electrons. The van der Waals surface area contributed by atoms with Gasteiger partial charge in [0.25, 0.3) is 0 Å². The molecule has 0 saturated heterocycles. The lowest BCUT2D eigenvalue weighted by molar-refractivity contribution is -0.327. The number of alkyl halides is 6. The van der Waals surface area contributed by atoms with Crippen LogP contribution in [0.3, 0.4) is 0 Å². The number of rotatable bonds is 0. The smallest absolute Gasteiger partial charge is 0.170 e. The maximum Gasteiger partial charge on any atom is 0.402 e. The Balaban J connectivity index is -0.0000000793. The van der Waals surface area contributed by atoms with Gasteiger partial charge in [0.2, 0.25) is 0 Å². The van der Waals surface area contributed by atoms with Crippen molar-refractivity contribution in [2.24, 2.45) is 10.8 Å². The molecule has 0 radical (unpaired) electrons. The molecule has 67 heavy (non-hydrogen) atoms. The highest BCUT2D eigenvalue weighted by atomic mass is 19.4. The van der Waals surface area contributed by atoms with Crippen LogP contribution in [0.5, 0.6) is 0 Å². The number of halogens is 6. The van der Waals surface area contributed by atoms with E-state index in [-0.39, 0.29) is 13.8 Å². The van der Waals surface area contributed by atoms with E-state index in [0.29, 0.717) is 5.41 Å². The van der Waals surface area contributed by atoms with Gasteiger partial charge in [0.1, 0.15) is 0 Å². The predicted octanol–water partition coefficient (Wildman–Crippen LogP) is 22.9. The predicted molar refractivity (Wildman–Crippen MR) is 294 cm³/mol. The Kier molecular flexibility index (Phi) is 85.6. The maximum atomic E-state index is 11.6. The second-order valence-electron chi connectivity index (χ2n) is 13.3. The minimum absolute atomic E-state index is 0.104. The van der Waals surface area contributed by atoms with Gasteiger partial charge in [0.05, 0.1) is 0 Å². The van der Waals surface area contributed by atoms with Gasteiger partial charge in [-0.2, -0.15) is 26.3 Å². The van der Waals surface area contributed by atoms with Gasteiger partial charge in [-0.15, -0.1) is 0 Å². The average molecular weight is 945 g/mol. The largest absolute Gasteiger partial charge is 0.402 e. The molecule has 0 bridgehead atoms. The van der Waals surface area contributed by atoms with Crippen molar-refractivity contribution >= 4 is 0 Å². The fourth-order valence-electron chi connectivity index (χ4n) is 2.47. The van der Waals surface area contributed by atoms with Gasteiger partial charge >= 0.3 is 12.4 Å². The maximum absolute atomic E-state index is 11.6. The van der Waals surface area contributed by atoms with Gasteiger partial charge < -0.3 is 0 Å². The number of hydrogen-bond donors (Lipinski definition) is 0. The van der Waals surface area contributed by atoms with E-state index in [2.05, 4.69) is 41.5 Å². The van der Waals surface area contributed by atoms with E-state index in [9.17, 15) is 26.3 Å². The summed E-state index contributed by atoms with van der Waals surface area (Å²) in [4.78, 5) is 0. The van der Waals surface area contributed by atoms with Crippen LogP contribution < -0.4 is 0 Å². The van der Waals surface area contributed by atoms with Crippen LogP contribution in [0.4, 0.5) is 26.3 Å². The van der Waals surface area contributed by atoms with Crippen molar-refractivity contribution < 1.29 is 26.3 Å². The van der Waals surface area contributed by atoms with Crippen molar-refractivity contribution in [2.45, 2.75) is 157 Å². The summed E-state index contributed by atoms with van der Waals surface area (Å²) in [6, 6.07) is 72.0. The molecule has 6 rings (SSSR count). The molecule has 6 heteroatoms. The van der Waals surface area contributed by atoms with Gasteiger partial charge in [-0.25, -0.2) is 0 Å². The summed E-state index contributed by atoms with van der Waals surface area (Å²) in [5, 5.41) is 0. The van der Waals surface area contributed by atoms with Crippen molar-refractivity contribution in [3.8, 4) is 0 Å². The number of benzene rings is 6. The number of hydrogen-bond acceptors (Lipinski definition) is 0. The van der Waals surface area contributed by atoms with Crippen LogP contribution >= 0.6 is 0 Å². The van der Waals surface area contributed by atoms with E-state index in [1.54, 1.807) is 0 Å². The third-order valence-corrected chi connectivity index (χ3v) is 5.42. The Bertz CT molecular complexity index is 1060. The molecule has 0 N–H and O–H groups in total. The van der Waals surface area contributed by atoms with E-state index < -0.39 is 17.8 Å². The fourth-order valence-corrected chi connectivity index (χ4v) is 2.47. The zero-order valence-electron chi connectivity index (χ0n) is 45.8. The lowest BCUT2D eigenvalue weighted by atomic mass is 9.92. The van der Waals surface area contributed by atoms with Crippen LogP contribution in [-0.4, -0.2) is 12.4 Å². The van der Waals surface area contributed by atoms with Gasteiger partial charge in [0.15, 0.2) is 5.41 Å². The first-order valence-corrected chi connectivity index (χ1v) is 24.0. The van der Waals surface area contributed by atoms with E-state index in [0.717, 1.165) is 0 Å². The summed E-state index contributed by atoms with van der Waals surface area (Å²) < 4.78 is 69.7. The molecule has 0 unspecified atom stereocenters. The summed E-state index contributed by atoms with van der Waals surface area (Å²) in [7, 11) is 0. The molecule has 0 aromatic heterocycles. The average Bonchev–Trinajstić information content (AvgIpc) is 3.39. The summed E-state index contributed by atoms with van der Waals surface area (Å²) in [6.07, 6.45) is -9.24.